The number of amides is 1. The molecule has 3 heterocycles. The number of aromatic nitrogens is 8. The van der Waals surface area contributed by atoms with Crippen LogP contribution in [0, 0.1) is 6.92 Å². The smallest absolute Gasteiger partial charge is 0.264 e. The molecule has 3 aromatic heterocycles. The minimum absolute atomic E-state index is 0.141. The van der Waals surface area contributed by atoms with Crippen molar-refractivity contribution in [3.63, 3.8) is 0 Å². The Hall–Kier alpha value is -3.54. The van der Waals surface area contributed by atoms with Crippen LogP contribution in [0.2, 0.25) is 0 Å². The van der Waals surface area contributed by atoms with Crippen molar-refractivity contribution in [1.82, 2.24) is 44.9 Å². The molecule has 0 aliphatic carbocycles. The first-order chi connectivity index (χ1) is 15.0. The summed E-state index contributed by atoms with van der Waals surface area (Å²) in [6.45, 7) is 3.23. The third-order valence-electron chi connectivity index (χ3n) is 4.78. The molecule has 0 atom stereocenters. The largest absolute Gasteiger partial charge is 0.354 e. The molecule has 1 N–H and O–H groups in total. The standard InChI is InChI=1S/C19H21N9O2S/c1-13-5-3-4-6-14(13)10-27-12-21-17-15(18(27)30)9-22-28(17)8-7-20-16(29)11-31-19-23-24-25-26(19)2/h3-6,9,12H,7-8,10-11H2,1-2H3,(H,20,29). The fraction of sp³-hybridized carbons (Fsp3) is 0.316. The van der Waals surface area contributed by atoms with Gasteiger partial charge in [-0.25, -0.2) is 14.3 Å². The summed E-state index contributed by atoms with van der Waals surface area (Å²) in [5, 5.41) is 19.2. The van der Waals surface area contributed by atoms with E-state index in [2.05, 4.69) is 30.9 Å². The Kier molecular flexibility index (Phi) is 6.07. The number of carbonyl (C=O) groups is 1. The molecule has 0 radical (unpaired) electrons. The Labute approximate surface area is 181 Å². The predicted molar refractivity (Wildman–Crippen MR) is 115 cm³/mol. The predicted octanol–water partition coefficient (Wildman–Crippen LogP) is 0.382. The molecule has 160 valence electrons. The van der Waals surface area contributed by atoms with Crippen molar-refractivity contribution < 1.29 is 4.79 Å². The van der Waals surface area contributed by atoms with Crippen molar-refractivity contribution in [2.75, 3.05) is 12.3 Å². The third kappa shape index (κ3) is 4.63. The highest BCUT2D eigenvalue weighted by molar-refractivity contribution is 7.99. The van der Waals surface area contributed by atoms with E-state index in [4.69, 9.17) is 0 Å². The maximum atomic E-state index is 12.8. The zero-order valence-electron chi connectivity index (χ0n) is 17.1. The molecule has 11 nitrogen and oxygen atoms in total. The van der Waals surface area contributed by atoms with Crippen LogP contribution >= 0.6 is 11.8 Å². The van der Waals surface area contributed by atoms with Gasteiger partial charge < -0.3 is 5.32 Å². The summed E-state index contributed by atoms with van der Waals surface area (Å²) in [5.41, 5.74) is 2.54. The SMILES string of the molecule is Cc1ccccc1Cn1cnc2c(cnn2CCNC(=O)CSc2nnnn2C)c1=O. The summed E-state index contributed by atoms with van der Waals surface area (Å²) in [7, 11) is 1.71. The highest BCUT2D eigenvalue weighted by Gasteiger charge is 2.12. The molecule has 0 unspecified atom stereocenters. The van der Waals surface area contributed by atoms with Crippen LogP contribution in [0.25, 0.3) is 11.0 Å². The van der Waals surface area contributed by atoms with E-state index < -0.39 is 0 Å². The van der Waals surface area contributed by atoms with Gasteiger partial charge in [-0.2, -0.15) is 5.10 Å². The number of hydrogen-bond acceptors (Lipinski definition) is 8. The van der Waals surface area contributed by atoms with E-state index in [9.17, 15) is 9.59 Å². The van der Waals surface area contributed by atoms with Crippen LogP contribution in [0.4, 0.5) is 0 Å². The molecule has 12 heteroatoms. The van der Waals surface area contributed by atoms with E-state index in [0.717, 1.165) is 11.1 Å². The zero-order valence-corrected chi connectivity index (χ0v) is 17.9. The van der Waals surface area contributed by atoms with Gasteiger partial charge in [-0.15, -0.1) is 5.10 Å². The van der Waals surface area contributed by atoms with Crippen molar-refractivity contribution in [2.45, 2.75) is 25.2 Å². The van der Waals surface area contributed by atoms with Crippen molar-refractivity contribution in [2.24, 2.45) is 7.05 Å². The zero-order chi connectivity index (χ0) is 21.8. The second-order valence-electron chi connectivity index (χ2n) is 6.93. The summed E-state index contributed by atoms with van der Waals surface area (Å²) in [5.74, 6) is 0.0636. The second kappa shape index (κ2) is 9.08. The van der Waals surface area contributed by atoms with E-state index in [0.29, 0.717) is 35.8 Å². The first-order valence-corrected chi connectivity index (χ1v) is 10.6. The lowest BCUT2D eigenvalue weighted by atomic mass is 10.1. The maximum absolute atomic E-state index is 12.8. The van der Waals surface area contributed by atoms with Gasteiger partial charge in [0, 0.05) is 13.6 Å². The summed E-state index contributed by atoms with van der Waals surface area (Å²) in [6.07, 6.45) is 3.07. The van der Waals surface area contributed by atoms with Gasteiger partial charge >= 0.3 is 0 Å². The summed E-state index contributed by atoms with van der Waals surface area (Å²) < 4.78 is 4.71. The fourth-order valence-corrected chi connectivity index (χ4v) is 3.75. The average Bonchev–Trinajstić information content (AvgIpc) is 3.36. The molecule has 0 spiro atoms. The molecule has 4 aromatic rings. The first-order valence-electron chi connectivity index (χ1n) is 9.60. The number of carbonyl (C=O) groups excluding carboxylic acids is 1. The van der Waals surface area contributed by atoms with E-state index >= 15 is 0 Å². The van der Waals surface area contributed by atoms with Crippen molar-refractivity contribution in [3.05, 3.63) is 58.3 Å². The van der Waals surface area contributed by atoms with Crippen LogP contribution in [-0.2, 0) is 24.9 Å². The number of thioether (sulfide) groups is 1. The van der Waals surface area contributed by atoms with Gasteiger partial charge in [-0.05, 0) is 28.5 Å². The number of nitrogens with one attached hydrogen (secondary N) is 1. The van der Waals surface area contributed by atoms with Crippen LogP contribution < -0.4 is 10.9 Å². The molecule has 1 amide bonds. The van der Waals surface area contributed by atoms with Crippen molar-refractivity contribution in [3.8, 4) is 0 Å². The van der Waals surface area contributed by atoms with Gasteiger partial charge in [0.05, 0.1) is 25.0 Å². The van der Waals surface area contributed by atoms with E-state index in [-0.39, 0.29) is 17.2 Å². The van der Waals surface area contributed by atoms with Crippen molar-refractivity contribution >= 4 is 28.7 Å². The summed E-state index contributed by atoms with van der Waals surface area (Å²) >= 11 is 1.25. The van der Waals surface area contributed by atoms with E-state index in [1.807, 2.05) is 31.2 Å². The molecule has 0 aliphatic rings. The normalized spacial score (nSPS) is 11.2. The van der Waals surface area contributed by atoms with Crippen molar-refractivity contribution in [1.29, 1.82) is 0 Å². The molecular weight excluding hydrogens is 418 g/mol. The number of hydrogen-bond donors (Lipinski definition) is 1. The van der Waals surface area contributed by atoms with Gasteiger partial charge in [0.25, 0.3) is 5.56 Å². The van der Waals surface area contributed by atoms with Crippen LogP contribution in [-0.4, -0.2) is 57.7 Å². The minimum Gasteiger partial charge on any atom is -0.354 e. The van der Waals surface area contributed by atoms with Gasteiger partial charge in [0.1, 0.15) is 11.7 Å². The Morgan fingerprint density at radius 1 is 1.26 bits per heavy atom. The Bertz CT molecular complexity index is 1280. The topological polar surface area (TPSA) is 125 Å². The van der Waals surface area contributed by atoms with Crippen LogP contribution in [0.3, 0.4) is 0 Å². The third-order valence-corrected chi connectivity index (χ3v) is 5.79. The quantitative estimate of drug-likeness (QED) is 0.391. The maximum Gasteiger partial charge on any atom is 0.264 e. The van der Waals surface area contributed by atoms with Crippen LogP contribution in [0.1, 0.15) is 11.1 Å². The van der Waals surface area contributed by atoms with Gasteiger partial charge in [0.2, 0.25) is 11.1 Å². The number of benzene rings is 1. The van der Waals surface area contributed by atoms with Crippen LogP contribution in [0.5, 0.6) is 0 Å². The molecule has 1 aromatic carbocycles. The first kappa shape index (κ1) is 20.7. The molecule has 0 aliphatic heterocycles. The monoisotopic (exact) mass is 439 g/mol. The molecular formula is C19H21N9O2S. The van der Waals surface area contributed by atoms with Crippen LogP contribution in [0.15, 0.2) is 46.7 Å². The number of tetrazole rings is 1. The summed E-state index contributed by atoms with van der Waals surface area (Å²) in [4.78, 5) is 29.3. The number of fused-ring (bicyclic) bond motifs is 1. The number of nitrogens with zero attached hydrogens (tertiary/aromatic N) is 8. The highest BCUT2D eigenvalue weighted by atomic mass is 32.2. The number of aryl methyl sites for hydroxylation is 2. The molecule has 0 saturated carbocycles. The number of rotatable bonds is 8. The molecule has 0 fully saturated rings. The Morgan fingerprint density at radius 3 is 2.87 bits per heavy atom. The van der Waals surface area contributed by atoms with Gasteiger partial charge in [-0.1, -0.05) is 36.0 Å². The summed E-state index contributed by atoms with van der Waals surface area (Å²) in [6, 6.07) is 7.93. The average molecular weight is 440 g/mol. The van der Waals surface area contributed by atoms with Gasteiger partial charge in [0.15, 0.2) is 5.65 Å². The van der Waals surface area contributed by atoms with E-state index in [1.165, 1.54) is 22.6 Å². The molecule has 31 heavy (non-hydrogen) atoms. The molecule has 4 rings (SSSR count). The Balaban J connectivity index is 1.37. The lowest BCUT2D eigenvalue weighted by molar-refractivity contribution is -0.118. The van der Waals surface area contributed by atoms with E-state index in [1.54, 1.807) is 22.6 Å². The highest BCUT2D eigenvalue weighted by Crippen LogP contribution is 2.12. The van der Waals surface area contributed by atoms with Gasteiger partial charge in [-0.3, -0.25) is 14.2 Å². The molecule has 0 bridgehead atoms. The lowest BCUT2D eigenvalue weighted by Crippen LogP contribution is -2.29. The second-order valence-corrected chi connectivity index (χ2v) is 7.88. The Morgan fingerprint density at radius 2 is 2.10 bits per heavy atom. The lowest BCUT2D eigenvalue weighted by Gasteiger charge is -2.09. The minimum atomic E-state index is -0.141. The molecule has 0 saturated heterocycles. The fourth-order valence-electron chi connectivity index (χ4n) is 3.07.